The number of thioether (sulfide) groups is 1. The van der Waals surface area contributed by atoms with Crippen molar-refractivity contribution in [2.75, 3.05) is 38.6 Å². The lowest BCUT2D eigenvalue weighted by molar-refractivity contribution is 0.0410. The molecule has 2 aliphatic rings. The van der Waals surface area contributed by atoms with Gasteiger partial charge < -0.3 is 4.74 Å². The summed E-state index contributed by atoms with van der Waals surface area (Å²) in [5.74, 6) is 1.29. The fourth-order valence-electron chi connectivity index (χ4n) is 2.34. The predicted octanol–water partition coefficient (Wildman–Crippen LogP) is 3.41. The van der Waals surface area contributed by atoms with Crippen molar-refractivity contribution in [1.29, 1.82) is 0 Å². The molecule has 0 aromatic carbocycles. The molecule has 1 heterocycles. The van der Waals surface area contributed by atoms with Crippen LogP contribution >= 0.6 is 41.9 Å². The van der Waals surface area contributed by atoms with Crippen molar-refractivity contribution in [3.63, 3.8) is 0 Å². The van der Waals surface area contributed by atoms with Gasteiger partial charge in [0.1, 0.15) is 0 Å². The van der Waals surface area contributed by atoms with Gasteiger partial charge in [0.25, 0.3) is 0 Å². The van der Waals surface area contributed by atoms with Gasteiger partial charge in [-0.2, -0.15) is 0 Å². The molecular formula is C11H20INOS2. The Labute approximate surface area is 119 Å². The van der Waals surface area contributed by atoms with E-state index in [4.69, 9.17) is 4.74 Å². The summed E-state index contributed by atoms with van der Waals surface area (Å²) in [4.78, 5) is 2.54. The van der Waals surface area contributed by atoms with Crippen molar-refractivity contribution < 1.29 is 4.74 Å². The van der Waals surface area contributed by atoms with Gasteiger partial charge in [-0.3, -0.25) is 4.90 Å². The first-order valence-electron chi connectivity index (χ1n) is 6.08. The van der Waals surface area contributed by atoms with Gasteiger partial charge in [-0.25, -0.2) is 0 Å². The Kier molecular flexibility index (Phi) is 6.08. The molecular weight excluding hydrogens is 353 g/mol. The van der Waals surface area contributed by atoms with Crippen LogP contribution in [-0.4, -0.2) is 47.6 Å². The maximum absolute atomic E-state index is 5.37. The average Bonchev–Trinajstić information content (AvgIpc) is 2.80. The van der Waals surface area contributed by atoms with Crippen molar-refractivity contribution in [2.45, 2.75) is 29.8 Å². The van der Waals surface area contributed by atoms with E-state index >= 15 is 0 Å². The second kappa shape index (κ2) is 7.07. The molecule has 1 saturated carbocycles. The first-order valence-corrected chi connectivity index (χ1v) is 10.4. The molecule has 2 nitrogen and oxygen atoms in total. The molecule has 0 spiro atoms. The van der Waals surface area contributed by atoms with Crippen molar-refractivity contribution >= 4 is 41.9 Å². The Morgan fingerprint density at radius 1 is 1.19 bits per heavy atom. The van der Waals surface area contributed by atoms with Gasteiger partial charge in [0.15, 0.2) is 0 Å². The Balaban J connectivity index is 1.66. The summed E-state index contributed by atoms with van der Waals surface area (Å²) < 4.78 is 5.92. The minimum atomic E-state index is 0.548. The molecule has 0 atom stereocenters. The van der Waals surface area contributed by atoms with E-state index in [9.17, 15) is 0 Å². The number of rotatable bonds is 5. The fourth-order valence-corrected chi connectivity index (χ4v) is 6.98. The van der Waals surface area contributed by atoms with Gasteiger partial charge in [0, 0.05) is 25.4 Å². The van der Waals surface area contributed by atoms with Crippen molar-refractivity contribution in [1.82, 2.24) is 4.90 Å². The molecule has 5 heteroatoms. The molecule has 94 valence electrons. The highest BCUT2D eigenvalue weighted by Gasteiger charge is 2.34. The minimum Gasteiger partial charge on any atom is -0.379 e. The van der Waals surface area contributed by atoms with Gasteiger partial charge in [-0.15, -0.1) is 11.8 Å². The van der Waals surface area contributed by atoms with Crippen LogP contribution in [0.1, 0.15) is 25.7 Å². The Bertz CT molecular complexity index is 206. The zero-order chi connectivity index (χ0) is 11.3. The molecule has 1 aliphatic heterocycles. The monoisotopic (exact) mass is 373 g/mol. The van der Waals surface area contributed by atoms with Crippen molar-refractivity contribution in [3.8, 4) is 0 Å². The summed E-state index contributed by atoms with van der Waals surface area (Å²) in [6, 6.07) is 0. The van der Waals surface area contributed by atoms with Gasteiger partial charge in [0.05, 0.1) is 17.3 Å². The molecule has 1 saturated heterocycles. The van der Waals surface area contributed by atoms with Crippen LogP contribution < -0.4 is 0 Å². The molecule has 2 fully saturated rings. The lowest BCUT2D eigenvalue weighted by Crippen LogP contribution is -2.38. The topological polar surface area (TPSA) is 12.5 Å². The summed E-state index contributed by atoms with van der Waals surface area (Å²) in [7, 11) is 2.06. The molecule has 16 heavy (non-hydrogen) atoms. The molecule has 0 N–H and O–H groups in total. The third-order valence-corrected chi connectivity index (χ3v) is 9.42. The number of hydrogen-bond donors (Lipinski definition) is 0. The summed E-state index contributed by atoms with van der Waals surface area (Å²) in [5.41, 5.74) is 0. The van der Waals surface area contributed by atoms with E-state index in [1.165, 1.54) is 38.0 Å². The van der Waals surface area contributed by atoms with Crippen molar-refractivity contribution in [2.24, 2.45) is 0 Å². The number of nitrogens with zero attached hydrogens (tertiary/aromatic N) is 1. The van der Waals surface area contributed by atoms with E-state index < -0.39 is 0 Å². The second-order valence-electron chi connectivity index (χ2n) is 4.50. The normalized spacial score (nSPS) is 26.1. The largest absolute Gasteiger partial charge is 0.379 e. The third-order valence-electron chi connectivity index (χ3n) is 3.38. The summed E-state index contributed by atoms with van der Waals surface area (Å²) >= 11 is 4.70. The summed E-state index contributed by atoms with van der Waals surface area (Å²) in [6.07, 6.45) is 5.68. The minimum absolute atomic E-state index is 0.548. The van der Waals surface area contributed by atoms with Crippen LogP contribution in [0.5, 0.6) is 0 Å². The first kappa shape index (κ1) is 13.8. The molecule has 0 amide bonds. The van der Waals surface area contributed by atoms with Crippen LogP contribution in [-0.2, 0) is 4.74 Å². The maximum atomic E-state index is 5.37. The summed E-state index contributed by atoms with van der Waals surface area (Å²) in [5, 5.41) is 0. The molecule has 1 aliphatic carbocycles. The highest BCUT2D eigenvalue weighted by Crippen LogP contribution is 2.52. The lowest BCUT2D eigenvalue weighted by atomic mass is 10.4. The van der Waals surface area contributed by atoms with E-state index in [-0.39, 0.29) is 0 Å². The van der Waals surface area contributed by atoms with Crippen LogP contribution in [0.3, 0.4) is 0 Å². The number of ether oxygens (including phenoxy) is 1. The van der Waals surface area contributed by atoms with Crippen molar-refractivity contribution in [3.05, 3.63) is 0 Å². The molecule has 0 bridgehead atoms. The van der Waals surface area contributed by atoms with Gasteiger partial charge >= 0.3 is 0 Å². The predicted molar refractivity (Wildman–Crippen MR) is 82.5 cm³/mol. The van der Waals surface area contributed by atoms with Crippen LogP contribution in [0.15, 0.2) is 0 Å². The highest BCUT2D eigenvalue weighted by atomic mass is 127. The fraction of sp³-hybridized carbons (Fsp3) is 1.00. The Morgan fingerprint density at radius 2 is 1.88 bits per heavy atom. The standard InChI is InChI=1S/C11H20INOS2/c12-16-11(3-1-2-4-11)15-10-7-13-5-8-14-9-6-13/h1-10H2. The van der Waals surface area contributed by atoms with E-state index in [2.05, 4.69) is 46.8 Å². The SMILES string of the molecule is ISC1(SCCN2CCOCC2)CCCC1. The average molecular weight is 373 g/mol. The Morgan fingerprint density at radius 3 is 2.50 bits per heavy atom. The van der Waals surface area contributed by atoms with E-state index in [1.54, 1.807) is 0 Å². The zero-order valence-electron chi connectivity index (χ0n) is 9.62. The van der Waals surface area contributed by atoms with E-state index in [0.29, 0.717) is 4.08 Å². The van der Waals surface area contributed by atoms with Crippen LogP contribution in [0.25, 0.3) is 0 Å². The third kappa shape index (κ3) is 3.93. The van der Waals surface area contributed by atoms with E-state index in [0.717, 1.165) is 26.3 Å². The second-order valence-corrected chi connectivity index (χ2v) is 8.49. The molecule has 0 unspecified atom stereocenters. The molecule has 0 aromatic rings. The van der Waals surface area contributed by atoms with Gasteiger partial charge in [-0.05, 0) is 34.0 Å². The van der Waals surface area contributed by atoms with E-state index in [1.807, 2.05) is 0 Å². The Hall–Kier alpha value is 1.35. The quantitative estimate of drug-likeness (QED) is 0.541. The zero-order valence-corrected chi connectivity index (χ0v) is 13.4. The lowest BCUT2D eigenvalue weighted by Gasteiger charge is -2.29. The number of morpholine rings is 1. The first-order chi connectivity index (χ1) is 7.85. The molecule has 0 radical (unpaired) electrons. The molecule has 2 rings (SSSR count). The van der Waals surface area contributed by atoms with Gasteiger partial charge in [0.2, 0.25) is 0 Å². The number of halogens is 1. The number of hydrogen-bond acceptors (Lipinski definition) is 4. The van der Waals surface area contributed by atoms with Crippen LogP contribution in [0.2, 0.25) is 0 Å². The summed E-state index contributed by atoms with van der Waals surface area (Å²) in [6.45, 7) is 5.36. The smallest absolute Gasteiger partial charge is 0.0711 e. The highest BCUT2D eigenvalue weighted by molar-refractivity contribution is 14.2. The van der Waals surface area contributed by atoms with Crippen LogP contribution in [0, 0.1) is 0 Å². The van der Waals surface area contributed by atoms with Gasteiger partial charge in [-0.1, -0.05) is 21.8 Å². The molecule has 0 aromatic heterocycles. The van der Waals surface area contributed by atoms with Crippen LogP contribution in [0.4, 0.5) is 0 Å². The maximum Gasteiger partial charge on any atom is 0.0711 e.